The molecule has 1 saturated carbocycles. The maximum Gasteiger partial charge on any atom is 0.306 e. The van der Waals surface area contributed by atoms with Gasteiger partial charge in [0.2, 0.25) is 0 Å². The molecule has 1 unspecified atom stereocenters. The molecule has 19 heavy (non-hydrogen) atoms. The van der Waals surface area contributed by atoms with Gasteiger partial charge in [0.1, 0.15) is 6.10 Å². The van der Waals surface area contributed by atoms with Gasteiger partial charge in [0.15, 0.2) is 0 Å². The largest absolute Gasteiger partial charge is 0.481 e. The van der Waals surface area contributed by atoms with E-state index >= 15 is 0 Å². The van der Waals surface area contributed by atoms with E-state index in [2.05, 4.69) is 0 Å². The number of carboxylic acid groups (broad SMARTS) is 1. The second-order valence-electron chi connectivity index (χ2n) is 5.22. The van der Waals surface area contributed by atoms with Crippen molar-refractivity contribution in [1.29, 1.82) is 0 Å². The average molecular weight is 272 g/mol. The second kappa shape index (κ2) is 8.12. The number of hydrogen-bond acceptors (Lipinski definition) is 5. The standard InChI is InChI=1S/C13H24N2O4/c14-13(15)9(6-7-11(16)17)8-12(18)19-10-4-2-1-3-5-10/h9-10,13H,1-8,14-15H2,(H,16,17). The van der Waals surface area contributed by atoms with Gasteiger partial charge in [0.05, 0.1) is 12.6 Å². The summed E-state index contributed by atoms with van der Waals surface area (Å²) in [5.74, 6) is -1.57. The summed E-state index contributed by atoms with van der Waals surface area (Å²) < 4.78 is 5.38. The van der Waals surface area contributed by atoms with E-state index in [1.807, 2.05) is 0 Å². The SMILES string of the molecule is NC(N)C(CCC(=O)O)CC(=O)OC1CCCCC1. The highest BCUT2D eigenvalue weighted by Gasteiger charge is 2.23. The van der Waals surface area contributed by atoms with Crippen LogP contribution < -0.4 is 11.5 Å². The third-order valence-electron chi connectivity index (χ3n) is 3.55. The van der Waals surface area contributed by atoms with Crippen LogP contribution in [0.4, 0.5) is 0 Å². The lowest BCUT2D eigenvalue weighted by atomic mass is 9.96. The lowest BCUT2D eigenvalue weighted by molar-refractivity contribution is -0.152. The van der Waals surface area contributed by atoms with Gasteiger partial charge >= 0.3 is 11.9 Å². The van der Waals surface area contributed by atoms with Crippen molar-refractivity contribution < 1.29 is 19.4 Å². The first-order chi connectivity index (χ1) is 8.99. The van der Waals surface area contributed by atoms with E-state index in [4.69, 9.17) is 21.3 Å². The summed E-state index contributed by atoms with van der Waals surface area (Å²) in [6, 6.07) is 0. The summed E-state index contributed by atoms with van der Waals surface area (Å²) in [7, 11) is 0. The van der Waals surface area contributed by atoms with Crippen molar-refractivity contribution in [3.63, 3.8) is 0 Å². The lowest BCUT2D eigenvalue weighted by Gasteiger charge is -2.24. The van der Waals surface area contributed by atoms with Crippen LogP contribution in [0.2, 0.25) is 0 Å². The number of carbonyl (C=O) groups excluding carboxylic acids is 1. The van der Waals surface area contributed by atoms with E-state index in [1.165, 1.54) is 6.42 Å². The summed E-state index contributed by atoms with van der Waals surface area (Å²) in [6.07, 6.45) is 4.89. The summed E-state index contributed by atoms with van der Waals surface area (Å²) in [6.45, 7) is 0. The minimum atomic E-state index is -0.911. The number of nitrogens with two attached hydrogens (primary N) is 2. The molecule has 0 spiro atoms. The molecule has 6 heteroatoms. The van der Waals surface area contributed by atoms with Crippen LogP contribution in [0, 0.1) is 5.92 Å². The molecule has 6 nitrogen and oxygen atoms in total. The Hall–Kier alpha value is -1.14. The summed E-state index contributed by atoms with van der Waals surface area (Å²) in [5.41, 5.74) is 11.2. The van der Waals surface area contributed by atoms with Crippen LogP contribution in [0.25, 0.3) is 0 Å². The van der Waals surface area contributed by atoms with Gasteiger partial charge in [0, 0.05) is 6.42 Å². The molecule has 1 atom stereocenters. The monoisotopic (exact) mass is 272 g/mol. The fourth-order valence-electron chi connectivity index (χ4n) is 2.37. The molecule has 1 fully saturated rings. The highest BCUT2D eigenvalue weighted by Crippen LogP contribution is 2.22. The van der Waals surface area contributed by atoms with Crippen LogP contribution in [0.3, 0.4) is 0 Å². The molecule has 1 rings (SSSR count). The minimum absolute atomic E-state index is 0.00960. The highest BCUT2D eigenvalue weighted by molar-refractivity contribution is 5.70. The maximum absolute atomic E-state index is 11.8. The van der Waals surface area contributed by atoms with E-state index < -0.39 is 12.1 Å². The van der Waals surface area contributed by atoms with Crippen molar-refractivity contribution in [3.8, 4) is 0 Å². The fourth-order valence-corrected chi connectivity index (χ4v) is 2.37. The fraction of sp³-hybridized carbons (Fsp3) is 0.846. The molecule has 0 aromatic heterocycles. The van der Waals surface area contributed by atoms with Crippen molar-refractivity contribution in [2.75, 3.05) is 0 Å². The highest BCUT2D eigenvalue weighted by atomic mass is 16.5. The van der Waals surface area contributed by atoms with E-state index in [0.717, 1.165) is 25.7 Å². The van der Waals surface area contributed by atoms with Gasteiger partial charge in [-0.15, -0.1) is 0 Å². The van der Waals surface area contributed by atoms with Gasteiger partial charge < -0.3 is 21.3 Å². The lowest BCUT2D eigenvalue weighted by Crippen LogP contribution is -2.40. The first-order valence-corrected chi connectivity index (χ1v) is 6.91. The Morgan fingerprint density at radius 1 is 1.21 bits per heavy atom. The predicted molar refractivity (Wildman–Crippen MR) is 70.1 cm³/mol. The Balaban J connectivity index is 2.35. The zero-order chi connectivity index (χ0) is 14.3. The van der Waals surface area contributed by atoms with Crippen molar-refractivity contribution in [2.24, 2.45) is 17.4 Å². The number of carbonyl (C=O) groups is 2. The van der Waals surface area contributed by atoms with Crippen molar-refractivity contribution in [3.05, 3.63) is 0 Å². The van der Waals surface area contributed by atoms with Crippen LogP contribution >= 0.6 is 0 Å². The van der Waals surface area contributed by atoms with Crippen molar-refractivity contribution in [2.45, 2.75) is 63.6 Å². The predicted octanol–water partition coefficient (Wildman–Crippen LogP) is 0.977. The topological polar surface area (TPSA) is 116 Å². The van der Waals surface area contributed by atoms with Crippen molar-refractivity contribution >= 4 is 11.9 Å². The molecular formula is C13H24N2O4. The number of carboxylic acids is 1. The van der Waals surface area contributed by atoms with Gasteiger partial charge in [-0.3, -0.25) is 9.59 Å². The molecule has 0 saturated heterocycles. The van der Waals surface area contributed by atoms with Crippen LogP contribution in [0.5, 0.6) is 0 Å². The molecular weight excluding hydrogens is 248 g/mol. The van der Waals surface area contributed by atoms with E-state index in [-0.39, 0.29) is 30.8 Å². The molecule has 0 radical (unpaired) electrons. The summed E-state index contributed by atoms with van der Waals surface area (Å²) in [5, 5.41) is 8.64. The Kier molecular flexibility index (Phi) is 6.80. The summed E-state index contributed by atoms with van der Waals surface area (Å²) in [4.78, 5) is 22.3. The first kappa shape index (κ1) is 15.9. The van der Waals surface area contributed by atoms with Crippen LogP contribution in [0.1, 0.15) is 51.4 Å². The van der Waals surface area contributed by atoms with E-state index in [9.17, 15) is 9.59 Å². The molecule has 110 valence electrons. The second-order valence-corrected chi connectivity index (χ2v) is 5.22. The number of aliphatic carboxylic acids is 1. The smallest absolute Gasteiger partial charge is 0.306 e. The van der Waals surface area contributed by atoms with Gasteiger partial charge in [-0.05, 0) is 38.0 Å². The third kappa shape index (κ3) is 6.54. The zero-order valence-corrected chi connectivity index (χ0v) is 11.2. The molecule has 0 bridgehead atoms. The average Bonchev–Trinajstić information content (AvgIpc) is 2.35. The maximum atomic E-state index is 11.8. The molecule has 0 aromatic carbocycles. The Labute approximate surface area is 113 Å². The van der Waals surface area contributed by atoms with Gasteiger partial charge in [-0.25, -0.2) is 0 Å². The number of hydrogen-bond donors (Lipinski definition) is 3. The van der Waals surface area contributed by atoms with Crippen LogP contribution in [0.15, 0.2) is 0 Å². The Morgan fingerprint density at radius 2 is 1.84 bits per heavy atom. The van der Waals surface area contributed by atoms with Gasteiger partial charge in [-0.2, -0.15) is 0 Å². The first-order valence-electron chi connectivity index (χ1n) is 6.91. The van der Waals surface area contributed by atoms with Crippen LogP contribution in [-0.2, 0) is 14.3 Å². The van der Waals surface area contributed by atoms with Gasteiger partial charge in [0.25, 0.3) is 0 Å². The molecule has 0 amide bonds. The Bertz CT molecular complexity index is 301. The Morgan fingerprint density at radius 3 is 2.37 bits per heavy atom. The molecule has 0 aromatic rings. The molecule has 5 N–H and O–H groups in total. The number of rotatable bonds is 7. The summed E-state index contributed by atoms with van der Waals surface area (Å²) >= 11 is 0. The molecule has 1 aliphatic rings. The van der Waals surface area contributed by atoms with Gasteiger partial charge in [-0.1, -0.05) is 6.42 Å². The van der Waals surface area contributed by atoms with E-state index in [1.54, 1.807) is 0 Å². The molecule has 0 aliphatic heterocycles. The van der Waals surface area contributed by atoms with Crippen molar-refractivity contribution in [1.82, 2.24) is 0 Å². The normalized spacial score (nSPS) is 18.3. The minimum Gasteiger partial charge on any atom is -0.481 e. The quantitative estimate of drug-likeness (QED) is 0.470. The number of esters is 1. The van der Waals surface area contributed by atoms with E-state index in [0.29, 0.717) is 6.42 Å². The molecule has 0 heterocycles. The third-order valence-corrected chi connectivity index (χ3v) is 3.55. The number of ether oxygens (including phenoxy) is 1. The van der Waals surface area contributed by atoms with Crippen LogP contribution in [-0.4, -0.2) is 29.3 Å². The molecule has 1 aliphatic carbocycles. The zero-order valence-electron chi connectivity index (χ0n) is 11.2.